The van der Waals surface area contributed by atoms with Gasteiger partial charge in [-0.25, -0.2) is 19.6 Å². The van der Waals surface area contributed by atoms with E-state index < -0.39 is 18.0 Å². The third-order valence-electron chi connectivity index (χ3n) is 9.05. The Kier molecular flexibility index (Phi) is 10.4. The van der Waals surface area contributed by atoms with Crippen LogP contribution in [0.1, 0.15) is 37.2 Å². The number of ether oxygens (including phenoxy) is 2. The Morgan fingerprint density at radius 2 is 1.24 bits per heavy atom. The number of esters is 2. The van der Waals surface area contributed by atoms with Crippen molar-refractivity contribution in [3.8, 4) is 11.5 Å². The number of rotatable bonds is 9. The van der Waals surface area contributed by atoms with Crippen LogP contribution in [0.15, 0.2) is 87.2 Å². The van der Waals surface area contributed by atoms with Crippen molar-refractivity contribution < 1.29 is 19.1 Å². The molecule has 0 spiro atoms. The summed E-state index contributed by atoms with van der Waals surface area (Å²) in [6.07, 6.45) is 2.90. The smallest absolute Gasteiger partial charge is 0.328 e. The van der Waals surface area contributed by atoms with Gasteiger partial charge in [0.05, 0.1) is 11.4 Å². The lowest BCUT2D eigenvalue weighted by Crippen LogP contribution is -2.46. The van der Waals surface area contributed by atoms with E-state index in [-0.39, 0.29) is 58.1 Å². The van der Waals surface area contributed by atoms with Gasteiger partial charge >= 0.3 is 11.9 Å². The maximum Gasteiger partial charge on any atom is 0.328 e. The van der Waals surface area contributed by atoms with Crippen LogP contribution in [-0.4, -0.2) is 71.0 Å². The van der Waals surface area contributed by atoms with Gasteiger partial charge in [-0.3, -0.25) is 9.80 Å². The summed E-state index contributed by atoms with van der Waals surface area (Å²) < 4.78 is 11.3. The maximum atomic E-state index is 13.5. The lowest BCUT2D eigenvalue weighted by atomic mass is 9.85. The van der Waals surface area contributed by atoms with Crippen molar-refractivity contribution in [2.45, 2.75) is 43.7 Å². The fourth-order valence-corrected chi connectivity index (χ4v) is 6.13. The second-order valence-corrected chi connectivity index (χ2v) is 12.6. The number of azo groups is 2. The minimum Gasteiger partial charge on any atom is -0.421 e. The SMILES string of the molecule is CN1CCCC1C(=O)Oc1cc(N=Nc2cccc(C3CCN(C)C(C(=O)Oc4cc(N=Nc5ccccc5)c(N)nc4N)C3)c2)c(N)nc1N. The first kappa shape index (κ1) is 34.8. The third kappa shape index (κ3) is 8.25. The highest BCUT2D eigenvalue weighted by atomic mass is 16.5. The summed E-state index contributed by atoms with van der Waals surface area (Å²) >= 11 is 0. The van der Waals surface area contributed by atoms with E-state index in [4.69, 9.17) is 32.4 Å². The number of carbonyl (C=O) groups excluding carboxylic acids is 2. The number of nitrogens with zero attached hydrogens (tertiary/aromatic N) is 8. The maximum absolute atomic E-state index is 13.5. The van der Waals surface area contributed by atoms with E-state index in [2.05, 4.69) is 30.4 Å². The number of likely N-dealkylation sites (N-methyl/N-ethyl adjacent to an activating group) is 2. The van der Waals surface area contributed by atoms with E-state index in [0.717, 1.165) is 24.9 Å². The van der Waals surface area contributed by atoms with E-state index in [1.165, 1.54) is 12.1 Å². The van der Waals surface area contributed by atoms with Crippen LogP contribution in [0.2, 0.25) is 0 Å². The summed E-state index contributed by atoms with van der Waals surface area (Å²) in [5.41, 5.74) is 26.8. The zero-order valence-electron chi connectivity index (χ0n) is 28.3. The molecule has 8 N–H and O–H groups in total. The molecular weight excluding hydrogens is 652 g/mol. The van der Waals surface area contributed by atoms with E-state index >= 15 is 0 Å². The first-order valence-electron chi connectivity index (χ1n) is 16.5. The Bertz CT molecular complexity index is 1970. The van der Waals surface area contributed by atoms with Gasteiger partial charge in [0.25, 0.3) is 0 Å². The molecule has 2 aliphatic heterocycles. The Morgan fingerprint density at radius 3 is 1.84 bits per heavy atom. The zero-order chi connectivity index (χ0) is 36.1. The molecule has 3 atom stereocenters. The molecular formula is C35H40N12O4. The average molecular weight is 693 g/mol. The van der Waals surface area contributed by atoms with Crippen molar-refractivity contribution in [2.75, 3.05) is 50.1 Å². The summed E-state index contributed by atoms with van der Waals surface area (Å²) in [5.74, 6) is -0.680. The average Bonchev–Trinajstić information content (AvgIpc) is 3.56. The number of pyridine rings is 2. The summed E-state index contributed by atoms with van der Waals surface area (Å²) in [5, 5.41) is 17.0. The minimum absolute atomic E-state index is 0.0119. The molecule has 2 aliphatic rings. The van der Waals surface area contributed by atoms with Gasteiger partial charge in [-0.05, 0) is 88.6 Å². The molecule has 6 rings (SSSR count). The van der Waals surface area contributed by atoms with Crippen molar-refractivity contribution in [2.24, 2.45) is 20.5 Å². The lowest BCUT2D eigenvalue weighted by Gasteiger charge is -2.35. The highest BCUT2D eigenvalue weighted by molar-refractivity contribution is 5.81. The molecule has 264 valence electrons. The van der Waals surface area contributed by atoms with Crippen LogP contribution in [0, 0.1) is 0 Å². The molecule has 16 heteroatoms. The highest BCUT2D eigenvalue weighted by Crippen LogP contribution is 2.37. The van der Waals surface area contributed by atoms with Gasteiger partial charge in [0.15, 0.2) is 34.8 Å². The number of nitrogens with two attached hydrogens (primary N) is 4. The molecule has 2 fully saturated rings. The number of hydrogen-bond donors (Lipinski definition) is 4. The molecule has 4 aromatic rings. The molecule has 0 aliphatic carbocycles. The van der Waals surface area contributed by atoms with Gasteiger partial charge in [-0.15, -0.1) is 10.2 Å². The Balaban J connectivity index is 1.14. The molecule has 16 nitrogen and oxygen atoms in total. The number of likely N-dealkylation sites (tertiary alicyclic amines) is 2. The number of anilines is 4. The standard InChI is InChI=1S/C35H40N12O4/c1-46-14-7-12-26(46)34(48)50-28-19-25(31(37)41-32(28)38)45-43-23-11-6-8-20(16-23)21-13-15-47(2)27(17-21)35(49)51-29-18-24(30(36)40-33(29)39)44-42-22-9-4-3-5-10-22/h3-6,8-11,16,18-19,21,26-27H,7,12-15,17H2,1-2H3,(H4,36,39,40)(H4,37,38,41). The van der Waals surface area contributed by atoms with Crippen LogP contribution >= 0.6 is 0 Å². The molecule has 0 bridgehead atoms. The van der Waals surface area contributed by atoms with Crippen LogP contribution in [0.5, 0.6) is 11.5 Å². The molecule has 0 saturated carbocycles. The monoisotopic (exact) mass is 692 g/mol. The summed E-state index contributed by atoms with van der Waals surface area (Å²) in [6.45, 7) is 1.46. The normalized spacial score (nSPS) is 19.8. The fourth-order valence-electron chi connectivity index (χ4n) is 6.13. The second kappa shape index (κ2) is 15.3. The van der Waals surface area contributed by atoms with E-state index in [0.29, 0.717) is 30.8 Å². The van der Waals surface area contributed by atoms with Gasteiger partial charge in [-0.2, -0.15) is 10.2 Å². The topological polar surface area (TPSA) is 238 Å². The quantitative estimate of drug-likeness (QED) is 0.127. The molecule has 4 heterocycles. The fraction of sp³-hybridized carbons (Fsp3) is 0.314. The second-order valence-electron chi connectivity index (χ2n) is 12.6. The minimum atomic E-state index is -0.564. The molecule has 0 amide bonds. The summed E-state index contributed by atoms with van der Waals surface area (Å²) in [6, 6.07) is 18.7. The van der Waals surface area contributed by atoms with Crippen LogP contribution in [0.4, 0.5) is 46.0 Å². The number of carbonyl (C=O) groups is 2. The Labute approximate surface area is 294 Å². The number of aromatic nitrogens is 2. The third-order valence-corrected chi connectivity index (χ3v) is 9.05. The summed E-state index contributed by atoms with van der Waals surface area (Å²) in [7, 11) is 3.75. The van der Waals surface area contributed by atoms with Gasteiger partial charge < -0.3 is 32.4 Å². The van der Waals surface area contributed by atoms with Crippen molar-refractivity contribution in [3.05, 3.63) is 72.3 Å². The molecule has 51 heavy (non-hydrogen) atoms. The lowest BCUT2D eigenvalue weighted by molar-refractivity contribution is -0.141. The van der Waals surface area contributed by atoms with Crippen LogP contribution in [0.3, 0.4) is 0 Å². The highest BCUT2D eigenvalue weighted by Gasteiger charge is 2.34. The van der Waals surface area contributed by atoms with E-state index in [1.54, 1.807) is 18.2 Å². The first-order valence-corrected chi connectivity index (χ1v) is 16.5. The Morgan fingerprint density at radius 1 is 0.667 bits per heavy atom. The van der Waals surface area contributed by atoms with Gasteiger partial charge in [0, 0.05) is 12.1 Å². The van der Waals surface area contributed by atoms with Crippen LogP contribution in [-0.2, 0) is 9.59 Å². The molecule has 0 radical (unpaired) electrons. The molecule has 2 aromatic carbocycles. The number of nitrogen functional groups attached to an aromatic ring is 4. The molecule has 3 unspecified atom stereocenters. The van der Waals surface area contributed by atoms with Crippen molar-refractivity contribution >= 4 is 58.0 Å². The van der Waals surface area contributed by atoms with Gasteiger partial charge in [-0.1, -0.05) is 30.3 Å². The molecule has 2 aromatic heterocycles. The van der Waals surface area contributed by atoms with Crippen LogP contribution in [0.25, 0.3) is 0 Å². The predicted molar refractivity (Wildman–Crippen MR) is 193 cm³/mol. The van der Waals surface area contributed by atoms with Gasteiger partial charge in [0.2, 0.25) is 0 Å². The number of hydrogen-bond acceptors (Lipinski definition) is 16. The molecule has 2 saturated heterocycles. The van der Waals surface area contributed by atoms with Crippen molar-refractivity contribution in [1.82, 2.24) is 19.8 Å². The number of piperidine rings is 1. The predicted octanol–water partition coefficient (Wildman–Crippen LogP) is 5.42. The Hall–Kier alpha value is -6.00. The van der Waals surface area contributed by atoms with Crippen LogP contribution < -0.4 is 32.4 Å². The van der Waals surface area contributed by atoms with E-state index in [9.17, 15) is 9.59 Å². The first-order chi connectivity index (χ1) is 24.5. The van der Waals surface area contributed by atoms with E-state index in [1.807, 2.05) is 60.3 Å². The summed E-state index contributed by atoms with van der Waals surface area (Å²) in [4.78, 5) is 38.4. The van der Waals surface area contributed by atoms with Gasteiger partial charge in [0.1, 0.15) is 23.5 Å². The van der Waals surface area contributed by atoms with Crippen molar-refractivity contribution in [3.63, 3.8) is 0 Å². The van der Waals surface area contributed by atoms with Crippen molar-refractivity contribution in [1.29, 1.82) is 0 Å². The number of benzene rings is 2. The largest absolute Gasteiger partial charge is 0.421 e. The zero-order valence-corrected chi connectivity index (χ0v) is 28.3.